The van der Waals surface area contributed by atoms with Crippen LogP contribution in [0.1, 0.15) is 25.0 Å². The Kier molecular flexibility index (Phi) is 10.4. The molecule has 0 heterocycles. The molecule has 3 aromatic rings. The Hall–Kier alpha value is -3.76. The SMILES string of the molecule is CCNC(=O)[C@@H](C)N(Cc1ccc(Cl)cc1)C(=O)CN(c1cc(OC)ccc1OC)S(=O)(=O)c1ccc(C)cc1. The molecular weight excluding hydrogens is 554 g/mol. The normalized spacial score (nSPS) is 11.8. The number of hydrogen-bond acceptors (Lipinski definition) is 6. The van der Waals surface area contributed by atoms with E-state index >= 15 is 0 Å². The van der Waals surface area contributed by atoms with Crippen LogP contribution in [-0.4, -0.2) is 58.5 Å². The number of aryl methyl sites for hydroxylation is 1. The van der Waals surface area contributed by atoms with Gasteiger partial charge in [-0.1, -0.05) is 41.4 Å². The smallest absolute Gasteiger partial charge is 0.264 e. The summed E-state index contributed by atoms with van der Waals surface area (Å²) in [5.41, 5.74) is 1.72. The highest BCUT2D eigenvalue weighted by molar-refractivity contribution is 7.92. The van der Waals surface area contributed by atoms with Crippen molar-refractivity contribution in [1.29, 1.82) is 0 Å². The molecule has 0 radical (unpaired) electrons. The molecule has 1 atom stereocenters. The zero-order chi connectivity index (χ0) is 29.4. The molecule has 0 aromatic heterocycles. The number of nitrogens with one attached hydrogen (secondary N) is 1. The van der Waals surface area contributed by atoms with Gasteiger partial charge in [-0.25, -0.2) is 8.42 Å². The highest BCUT2D eigenvalue weighted by atomic mass is 35.5. The van der Waals surface area contributed by atoms with Gasteiger partial charge in [0, 0.05) is 24.2 Å². The van der Waals surface area contributed by atoms with Crippen LogP contribution in [0.3, 0.4) is 0 Å². The molecule has 11 heteroatoms. The number of amides is 2. The van der Waals surface area contributed by atoms with Crippen LogP contribution in [0.4, 0.5) is 5.69 Å². The largest absolute Gasteiger partial charge is 0.497 e. The van der Waals surface area contributed by atoms with E-state index in [-0.39, 0.29) is 28.8 Å². The van der Waals surface area contributed by atoms with Crippen molar-refractivity contribution in [2.75, 3.05) is 31.6 Å². The Morgan fingerprint density at radius 1 is 0.975 bits per heavy atom. The highest BCUT2D eigenvalue weighted by Gasteiger charge is 2.34. The van der Waals surface area contributed by atoms with Gasteiger partial charge in [0.25, 0.3) is 10.0 Å². The van der Waals surface area contributed by atoms with E-state index < -0.39 is 28.5 Å². The molecule has 0 fully saturated rings. The molecule has 2 amide bonds. The number of sulfonamides is 1. The second-order valence-electron chi connectivity index (χ2n) is 9.08. The summed E-state index contributed by atoms with van der Waals surface area (Å²) in [5.74, 6) is -0.350. The van der Waals surface area contributed by atoms with Gasteiger partial charge in [0.1, 0.15) is 24.1 Å². The molecule has 0 unspecified atom stereocenters. The van der Waals surface area contributed by atoms with Crippen LogP contribution in [0.25, 0.3) is 0 Å². The average Bonchev–Trinajstić information content (AvgIpc) is 2.95. The van der Waals surface area contributed by atoms with E-state index in [0.717, 1.165) is 15.4 Å². The van der Waals surface area contributed by atoms with Crippen molar-refractivity contribution in [2.24, 2.45) is 0 Å². The van der Waals surface area contributed by atoms with Crippen molar-refractivity contribution in [3.63, 3.8) is 0 Å². The number of carbonyl (C=O) groups is 2. The van der Waals surface area contributed by atoms with Crippen LogP contribution in [-0.2, 0) is 26.2 Å². The van der Waals surface area contributed by atoms with Crippen molar-refractivity contribution in [1.82, 2.24) is 10.2 Å². The van der Waals surface area contributed by atoms with Crippen molar-refractivity contribution < 1.29 is 27.5 Å². The molecule has 0 bridgehead atoms. The quantitative estimate of drug-likeness (QED) is 0.336. The lowest BCUT2D eigenvalue weighted by Crippen LogP contribution is -2.51. The van der Waals surface area contributed by atoms with E-state index in [1.165, 1.54) is 37.3 Å². The molecule has 0 spiro atoms. The molecule has 0 aliphatic carbocycles. The molecule has 0 saturated carbocycles. The first kappa shape index (κ1) is 30.8. The summed E-state index contributed by atoms with van der Waals surface area (Å²) in [7, 11) is -1.39. The van der Waals surface area contributed by atoms with Crippen LogP contribution in [0, 0.1) is 6.92 Å². The monoisotopic (exact) mass is 587 g/mol. The third-order valence-corrected chi connectivity index (χ3v) is 8.35. The van der Waals surface area contributed by atoms with E-state index in [4.69, 9.17) is 21.1 Å². The summed E-state index contributed by atoms with van der Waals surface area (Å²) < 4.78 is 39.9. The predicted octanol–water partition coefficient (Wildman–Crippen LogP) is 4.41. The second kappa shape index (κ2) is 13.5. The number of likely N-dealkylation sites (N-methyl/N-ethyl adjacent to an activating group) is 1. The Morgan fingerprint density at radius 2 is 1.62 bits per heavy atom. The minimum Gasteiger partial charge on any atom is -0.497 e. The zero-order valence-electron chi connectivity index (χ0n) is 23.2. The Labute approximate surface area is 240 Å². The van der Waals surface area contributed by atoms with Crippen molar-refractivity contribution >= 4 is 39.1 Å². The fourth-order valence-electron chi connectivity index (χ4n) is 4.03. The van der Waals surface area contributed by atoms with Crippen LogP contribution < -0.4 is 19.1 Å². The third-order valence-electron chi connectivity index (χ3n) is 6.33. The van der Waals surface area contributed by atoms with Crippen molar-refractivity contribution in [3.05, 3.63) is 82.9 Å². The number of rotatable bonds is 12. The van der Waals surface area contributed by atoms with Gasteiger partial charge in [0.05, 0.1) is 24.8 Å². The number of hydrogen-bond donors (Lipinski definition) is 1. The lowest BCUT2D eigenvalue weighted by molar-refractivity contribution is -0.139. The third kappa shape index (κ3) is 7.25. The minimum atomic E-state index is -4.26. The van der Waals surface area contributed by atoms with Crippen LogP contribution in [0.2, 0.25) is 5.02 Å². The van der Waals surface area contributed by atoms with Gasteiger partial charge >= 0.3 is 0 Å². The number of benzene rings is 3. The predicted molar refractivity (Wildman–Crippen MR) is 155 cm³/mol. The number of carbonyl (C=O) groups excluding carboxylic acids is 2. The molecule has 0 aliphatic rings. The molecule has 3 aromatic carbocycles. The molecular formula is C29H34ClN3O6S. The highest BCUT2D eigenvalue weighted by Crippen LogP contribution is 2.36. The number of anilines is 1. The van der Waals surface area contributed by atoms with Gasteiger partial charge in [-0.15, -0.1) is 0 Å². The topological polar surface area (TPSA) is 105 Å². The molecule has 3 rings (SSSR count). The molecule has 0 saturated heterocycles. The number of nitrogens with zero attached hydrogens (tertiary/aromatic N) is 2. The summed E-state index contributed by atoms with van der Waals surface area (Å²) in [6.07, 6.45) is 0. The van der Waals surface area contributed by atoms with Crippen LogP contribution in [0.5, 0.6) is 11.5 Å². The Balaban J connectivity index is 2.12. The lowest BCUT2D eigenvalue weighted by Gasteiger charge is -2.32. The molecule has 214 valence electrons. The van der Waals surface area contributed by atoms with Gasteiger partial charge in [0.15, 0.2) is 0 Å². The van der Waals surface area contributed by atoms with Gasteiger partial charge in [-0.2, -0.15) is 0 Å². The lowest BCUT2D eigenvalue weighted by atomic mass is 10.1. The van der Waals surface area contributed by atoms with E-state index in [1.54, 1.807) is 62.4 Å². The molecule has 1 N–H and O–H groups in total. The van der Waals surface area contributed by atoms with E-state index in [9.17, 15) is 18.0 Å². The van der Waals surface area contributed by atoms with Gasteiger partial charge in [-0.05, 0) is 62.7 Å². The summed E-state index contributed by atoms with van der Waals surface area (Å²) in [5, 5.41) is 3.26. The van der Waals surface area contributed by atoms with Crippen molar-refractivity contribution in [3.8, 4) is 11.5 Å². The van der Waals surface area contributed by atoms with E-state index in [1.807, 2.05) is 6.92 Å². The maximum Gasteiger partial charge on any atom is 0.264 e. The first-order valence-electron chi connectivity index (χ1n) is 12.6. The van der Waals surface area contributed by atoms with Gasteiger partial charge < -0.3 is 19.7 Å². The first-order valence-corrected chi connectivity index (χ1v) is 14.5. The second-order valence-corrected chi connectivity index (χ2v) is 11.4. The number of halogens is 1. The summed E-state index contributed by atoms with van der Waals surface area (Å²) in [6, 6.07) is 17.0. The Bertz CT molecular complexity index is 1430. The first-order chi connectivity index (χ1) is 19.0. The summed E-state index contributed by atoms with van der Waals surface area (Å²) >= 11 is 6.03. The van der Waals surface area contributed by atoms with Gasteiger partial charge in [-0.3, -0.25) is 13.9 Å². The van der Waals surface area contributed by atoms with E-state index in [0.29, 0.717) is 17.3 Å². The van der Waals surface area contributed by atoms with Gasteiger partial charge in [0.2, 0.25) is 11.8 Å². The maximum atomic E-state index is 14.0. The number of ether oxygens (including phenoxy) is 2. The maximum absolute atomic E-state index is 14.0. The zero-order valence-corrected chi connectivity index (χ0v) is 24.8. The molecule has 40 heavy (non-hydrogen) atoms. The fraction of sp³-hybridized carbons (Fsp3) is 0.310. The molecule has 9 nitrogen and oxygen atoms in total. The Morgan fingerprint density at radius 3 is 2.20 bits per heavy atom. The summed E-state index contributed by atoms with van der Waals surface area (Å²) in [4.78, 5) is 28.1. The average molecular weight is 588 g/mol. The van der Waals surface area contributed by atoms with Crippen molar-refractivity contribution in [2.45, 2.75) is 38.3 Å². The fourth-order valence-corrected chi connectivity index (χ4v) is 5.58. The minimum absolute atomic E-state index is 0.00296. The van der Waals surface area contributed by atoms with Crippen LogP contribution >= 0.6 is 11.6 Å². The number of methoxy groups -OCH3 is 2. The van der Waals surface area contributed by atoms with E-state index in [2.05, 4.69) is 5.32 Å². The van der Waals surface area contributed by atoms with Crippen LogP contribution in [0.15, 0.2) is 71.6 Å². The summed E-state index contributed by atoms with van der Waals surface area (Å²) in [6.45, 7) is 5.06. The molecule has 0 aliphatic heterocycles. The standard InChI is InChI=1S/C29H34ClN3O6S/c1-6-31-29(35)21(3)32(18-22-9-11-23(30)12-10-22)28(34)19-33(26-17-24(38-4)13-16-27(26)39-5)40(36,37)25-14-7-20(2)8-15-25/h7-17,21H,6,18-19H2,1-5H3,(H,31,35)/t21-/m1/s1.